The summed E-state index contributed by atoms with van der Waals surface area (Å²) in [6.45, 7) is 8.67. The zero-order valence-corrected chi connectivity index (χ0v) is 9.02. The molecule has 1 aromatic carbocycles. The Kier molecular flexibility index (Phi) is 3.30. The predicted octanol–water partition coefficient (Wildman–Crippen LogP) is 4.12. The van der Waals surface area contributed by atoms with Crippen molar-refractivity contribution < 1.29 is 0 Å². The maximum absolute atomic E-state index is 2.28. The van der Waals surface area contributed by atoms with Gasteiger partial charge in [-0.05, 0) is 43.9 Å². The normalized spacial score (nSPS) is 11.8. The Morgan fingerprint density at radius 1 is 1.31 bits per heavy atom. The average molecular weight is 174 g/mol. The molecule has 0 atom stereocenters. The summed E-state index contributed by atoms with van der Waals surface area (Å²) >= 11 is 0. The minimum atomic E-state index is 1.11. The van der Waals surface area contributed by atoms with Gasteiger partial charge in [-0.25, -0.2) is 0 Å². The quantitative estimate of drug-likeness (QED) is 0.632. The molecule has 0 saturated carbocycles. The van der Waals surface area contributed by atoms with Crippen molar-refractivity contribution in [2.24, 2.45) is 0 Å². The highest BCUT2D eigenvalue weighted by atomic mass is 14.0. The van der Waals surface area contributed by atoms with E-state index in [1.165, 1.54) is 22.3 Å². The molecule has 0 aromatic heterocycles. The Morgan fingerprint density at radius 3 is 2.62 bits per heavy atom. The van der Waals surface area contributed by atoms with E-state index in [0.717, 1.165) is 6.42 Å². The lowest BCUT2D eigenvalue weighted by Gasteiger charge is -2.07. The van der Waals surface area contributed by atoms with Crippen LogP contribution in [0, 0.1) is 13.8 Å². The Bertz CT molecular complexity index is 319. The molecule has 70 valence electrons. The van der Waals surface area contributed by atoms with Crippen LogP contribution in [0.4, 0.5) is 0 Å². The Labute approximate surface area is 81.3 Å². The van der Waals surface area contributed by atoms with Gasteiger partial charge in [0, 0.05) is 0 Å². The van der Waals surface area contributed by atoms with Crippen molar-refractivity contribution in [3.8, 4) is 0 Å². The second kappa shape index (κ2) is 4.27. The van der Waals surface area contributed by atoms with Gasteiger partial charge in [-0.3, -0.25) is 0 Å². The zero-order chi connectivity index (χ0) is 9.84. The van der Waals surface area contributed by atoms with Crippen LogP contribution in [0.15, 0.2) is 24.3 Å². The van der Waals surface area contributed by atoms with Gasteiger partial charge in [0.05, 0.1) is 0 Å². The van der Waals surface area contributed by atoms with Crippen LogP contribution in [-0.4, -0.2) is 0 Å². The van der Waals surface area contributed by atoms with Crippen molar-refractivity contribution in [3.05, 3.63) is 41.0 Å². The lowest BCUT2D eigenvalue weighted by molar-refractivity contribution is 1.22. The second-order valence-corrected chi connectivity index (χ2v) is 3.61. The molecule has 0 spiro atoms. The van der Waals surface area contributed by atoms with Crippen molar-refractivity contribution in [2.45, 2.75) is 34.1 Å². The van der Waals surface area contributed by atoms with E-state index in [0.29, 0.717) is 0 Å². The summed E-state index contributed by atoms with van der Waals surface area (Å²) in [4.78, 5) is 0. The lowest BCUT2D eigenvalue weighted by atomic mass is 9.99. The fourth-order valence-electron chi connectivity index (χ4n) is 1.58. The summed E-state index contributed by atoms with van der Waals surface area (Å²) in [5.41, 5.74) is 5.49. The Balaban J connectivity index is 3.13. The van der Waals surface area contributed by atoms with Gasteiger partial charge in [0.25, 0.3) is 0 Å². The van der Waals surface area contributed by atoms with Crippen LogP contribution in [0.3, 0.4) is 0 Å². The molecule has 0 bridgehead atoms. The van der Waals surface area contributed by atoms with E-state index in [1.807, 2.05) is 0 Å². The third-order valence-corrected chi connectivity index (χ3v) is 2.33. The van der Waals surface area contributed by atoms with E-state index in [4.69, 9.17) is 0 Å². The Hall–Kier alpha value is -1.04. The monoisotopic (exact) mass is 174 g/mol. The lowest BCUT2D eigenvalue weighted by Crippen LogP contribution is -1.86. The molecule has 0 N–H and O–H groups in total. The van der Waals surface area contributed by atoms with E-state index in [1.54, 1.807) is 0 Å². The molecule has 1 rings (SSSR count). The van der Waals surface area contributed by atoms with Crippen LogP contribution in [-0.2, 0) is 0 Å². The summed E-state index contributed by atoms with van der Waals surface area (Å²) < 4.78 is 0. The molecule has 0 unspecified atom stereocenters. The number of aryl methyl sites for hydroxylation is 2. The van der Waals surface area contributed by atoms with Gasteiger partial charge in [-0.1, -0.05) is 36.8 Å². The fraction of sp³-hybridized carbons (Fsp3) is 0.385. The molecule has 0 heterocycles. The topological polar surface area (TPSA) is 0 Å². The molecule has 0 saturated heterocycles. The summed E-state index contributed by atoms with van der Waals surface area (Å²) in [6, 6.07) is 6.62. The number of allylic oxidation sites excluding steroid dienone is 2. The second-order valence-electron chi connectivity index (χ2n) is 3.61. The molecular formula is C13H18. The van der Waals surface area contributed by atoms with Gasteiger partial charge >= 0.3 is 0 Å². The van der Waals surface area contributed by atoms with E-state index in [9.17, 15) is 0 Å². The summed E-state index contributed by atoms with van der Waals surface area (Å²) in [5.74, 6) is 0. The van der Waals surface area contributed by atoms with Crippen molar-refractivity contribution in [3.63, 3.8) is 0 Å². The van der Waals surface area contributed by atoms with E-state index in [-0.39, 0.29) is 0 Å². The highest BCUT2D eigenvalue weighted by Gasteiger charge is 1.99. The largest absolute Gasteiger partial charge is 0.0813 e. The standard InChI is InChI=1S/C13H18/c1-5-6-11(3)13-9-10(2)7-8-12(13)4/h6-9H,5H2,1-4H3/b11-6+. The van der Waals surface area contributed by atoms with Gasteiger partial charge in [0.1, 0.15) is 0 Å². The smallest absolute Gasteiger partial charge is 0.0199 e. The highest BCUT2D eigenvalue weighted by Crippen LogP contribution is 2.19. The van der Waals surface area contributed by atoms with Crippen LogP contribution in [0.2, 0.25) is 0 Å². The highest BCUT2D eigenvalue weighted by molar-refractivity contribution is 5.66. The molecule has 13 heavy (non-hydrogen) atoms. The van der Waals surface area contributed by atoms with Crippen LogP contribution in [0.1, 0.15) is 37.0 Å². The Morgan fingerprint density at radius 2 is 2.00 bits per heavy atom. The first-order valence-corrected chi connectivity index (χ1v) is 4.89. The van der Waals surface area contributed by atoms with Gasteiger partial charge in [0.15, 0.2) is 0 Å². The first-order chi connectivity index (χ1) is 6.15. The molecule has 0 aliphatic rings. The van der Waals surface area contributed by atoms with Crippen molar-refractivity contribution >= 4 is 5.57 Å². The van der Waals surface area contributed by atoms with Gasteiger partial charge < -0.3 is 0 Å². The maximum atomic E-state index is 2.28. The van der Waals surface area contributed by atoms with Crippen LogP contribution >= 0.6 is 0 Å². The summed E-state index contributed by atoms with van der Waals surface area (Å²) in [7, 11) is 0. The number of hydrogen-bond donors (Lipinski definition) is 0. The fourth-order valence-corrected chi connectivity index (χ4v) is 1.58. The van der Waals surface area contributed by atoms with Crippen molar-refractivity contribution in [2.75, 3.05) is 0 Å². The molecule has 0 aliphatic heterocycles. The molecule has 0 heteroatoms. The number of hydrogen-bond acceptors (Lipinski definition) is 0. The number of benzene rings is 1. The third kappa shape index (κ3) is 2.45. The average Bonchev–Trinajstić information content (AvgIpc) is 2.09. The molecule has 0 amide bonds. The minimum Gasteiger partial charge on any atom is -0.0813 e. The molecule has 0 nitrogen and oxygen atoms in total. The first kappa shape index (κ1) is 10.0. The minimum absolute atomic E-state index is 1.11. The van der Waals surface area contributed by atoms with Crippen LogP contribution in [0.25, 0.3) is 5.57 Å². The third-order valence-electron chi connectivity index (χ3n) is 2.33. The van der Waals surface area contributed by atoms with E-state index in [2.05, 4.69) is 52.0 Å². The van der Waals surface area contributed by atoms with Gasteiger partial charge in [-0.15, -0.1) is 0 Å². The molecule has 0 radical (unpaired) electrons. The molecular weight excluding hydrogens is 156 g/mol. The van der Waals surface area contributed by atoms with Crippen molar-refractivity contribution in [1.29, 1.82) is 0 Å². The molecule has 1 aromatic rings. The van der Waals surface area contributed by atoms with Crippen LogP contribution < -0.4 is 0 Å². The predicted molar refractivity (Wildman–Crippen MR) is 59.9 cm³/mol. The van der Waals surface area contributed by atoms with Gasteiger partial charge in [0.2, 0.25) is 0 Å². The number of rotatable bonds is 2. The van der Waals surface area contributed by atoms with Crippen LogP contribution in [0.5, 0.6) is 0 Å². The summed E-state index contributed by atoms with van der Waals surface area (Å²) in [6.07, 6.45) is 3.39. The molecule has 0 aliphatic carbocycles. The summed E-state index contributed by atoms with van der Waals surface area (Å²) in [5, 5.41) is 0. The van der Waals surface area contributed by atoms with Gasteiger partial charge in [-0.2, -0.15) is 0 Å². The maximum Gasteiger partial charge on any atom is -0.0199 e. The zero-order valence-electron chi connectivity index (χ0n) is 9.02. The molecule has 0 fully saturated rings. The first-order valence-electron chi connectivity index (χ1n) is 4.89. The van der Waals surface area contributed by atoms with Crippen molar-refractivity contribution in [1.82, 2.24) is 0 Å². The van der Waals surface area contributed by atoms with E-state index < -0.39 is 0 Å². The SMILES string of the molecule is CC/C=C(\C)c1cc(C)ccc1C. The van der Waals surface area contributed by atoms with E-state index >= 15 is 0 Å².